The summed E-state index contributed by atoms with van der Waals surface area (Å²) < 4.78 is 0. The highest BCUT2D eigenvalue weighted by Crippen LogP contribution is 2.37. The highest BCUT2D eigenvalue weighted by atomic mass is 35.5. The number of carbonyl (C=O) groups is 1. The Hall–Kier alpha value is -1.26. The van der Waals surface area contributed by atoms with Crippen LogP contribution in [0.4, 0.5) is 0 Å². The zero-order valence-corrected chi connectivity index (χ0v) is 11.2. The molecular weight excluding hydrogens is 266 g/mol. The number of aliphatic hydroxyl groups is 1. The number of benzene rings is 1. The van der Waals surface area contributed by atoms with Crippen LogP contribution in [0.5, 0.6) is 5.75 Å². The molecule has 1 amide bonds. The molecule has 5 heteroatoms. The van der Waals surface area contributed by atoms with Crippen LogP contribution in [-0.2, 0) is 0 Å². The van der Waals surface area contributed by atoms with Gasteiger partial charge in [0.05, 0.1) is 16.7 Å². The molecule has 2 N–H and O–H groups in total. The van der Waals surface area contributed by atoms with Gasteiger partial charge in [0, 0.05) is 12.1 Å². The third kappa shape index (κ3) is 2.19. The molecule has 0 radical (unpaired) electrons. The lowest BCUT2D eigenvalue weighted by molar-refractivity contribution is 0.0287. The second kappa shape index (κ2) is 4.69. The fraction of sp³-hybridized carbons (Fsp3) is 0.500. The van der Waals surface area contributed by atoms with Crippen molar-refractivity contribution in [1.82, 2.24) is 4.90 Å². The summed E-state index contributed by atoms with van der Waals surface area (Å²) in [6.45, 7) is 0. The van der Waals surface area contributed by atoms with Gasteiger partial charge in [0.15, 0.2) is 0 Å². The van der Waals surface area contributed by atoms with E-state index in [1.54, 1.807) is 0 Å². The van der Waals surface area contributed by atoms with Gasteiger partial charge >= 0.3 is 0 Å². The summed E-state index contributed by atoms with van der Waals surface area (Å²) in [5, 5.41) is 19.6. The minimum absolute atomic E-state index is 0.0390. The lowest BCUT2D eigenvalue weighted by atomic mass is 9.98. The van der Waals surface area contributed by atoms with Gasteiger partial charge in [0.2, 0.25) is 0 Å². The van der Waals surface area contributed by atoms with E-state index < -0.39 is 0 Å². The second-order valence-electron chi connectivity index (χ2n) is 5.39. The zero-order chi connectivity index (χ0) is 13.6. The fourth-order valence-corrected chi connectivity index (χ4v) is 3.49. The maximum atomic E-state index is 12.6. The maximum Gasteiger partial charge on any atom is 0.256 e. The normalized spacial score (nSPS) is 29.6. The van der Waals surface area contributed by atoms with Crippen LogP contribution in [0.25, 0.3) is 0 Å². The summed E-state index contributed by atoms with van der Waals surface area (Å²) >= 11 is 6.05. The van der Waals surface area contributed by atoms with E-state index in [9.17, 15) is 15.0 Å². The van der Waals surface area contributed by atoms with Crippen molar-refractivity contribution in [3.05, 3.63) is 28.8 Å². The number of hydrogen-bond acceptors (Lipinski definition) is 3. The van der Waals surface area contributed by atoms with Gasteiger partial charge in [-0.05, 0) is 43.9 Å². The molecule has 2 bridgehead atoms. The van der Waals surface area contributed by atoms with Crippen LogP contribution >= 0.6 is 11.6 Å². The molecule has 102 valence electrons. The standard InChI is InChI=1S/C14H16ClNO3/c15-13-4-3-10(17)7-12(13)14(19)16-8-1-2-9(16)6-11(18)5-8/h3-4,7-9,11,17-18H,1-2,5-6H2. The van der Waals surface area contributed by atoms with Crippen LogP contribution < -0.4 is 0 Å². The van der Waals surface area contributed by atoms with E-state index in [0.717, 1.165) is 12.8 Å². The van der Waals surface area contributed by atoms with Gasteiger partial charge in [0.25, 0.3) is 5.91 Å². The fourth-order valence-electron chi connectivity index (χ4n) is 3.30. The van der Waals surface area contributed by atoms with E-state index in [1.807, 2.05) is 4.90 Å². The van der Waals surface area contributed by atoms with Crippen molar-refractivity contribution >= 4 is 17.5 Å². The summed E-state index contributed by atoms with van der Waals surface area (Å²) in [6, 6.07) is 4.60. The van der Waals surface area contributed by atoms with Gasteiger partial charge in [0.1, 0.15) is 5.75 Å². The number of aliphatic hydroxyl groups excluding tert-OH is 1. The topological polar surface area (TPSA) is 60.8 Å². The lowest BCUT2D eigenvalue weighted by Crippen LogP contribution is -2.48. The third-order valence-electron chi connectivity index (χ3n) is 4.12. The van der Waals surface area contributed by atoms with Gasteiger partial charge in [-0.25, -0.2) is 0 Å². The Balaban J connectivity index is 1.90. The maximum absolute atomic E-state index is 12.6. The minimum Gasteiger partial charge on any atom is -0.508 e. The average Bonchev–Trinajstić information content (AvgIpc) is 2.64. The number of amides is 1. The first-order valence-corrected chi connectivity index (χ1v) is 6.93. The molecular formula is C14H16ClNO3. The van der Waals surface area contributed by atoms with Gasteiger partial charge in [-0.3, -0.25) is 4.79 Å². The molecule has 3 rings (SSSR count). The van der Waals surface area contributed by atoms with E-state index in [1.165, 1.54) is 18.2 Å². The largest absolute Gasteiger partial charge is 0.508 e. The Morgan fingerprint density at radius 2 is 1.89 bits per heavy atom. The number of halogens is 1. The van der Waals surface area contributed by atoms with Gasteiger partial charge in [-0.2, -0.15) is 0 Å². The number of hydrogen-bond donors (Lipinski definition) is 2. The van der Waals surface area contributed by atoms with Crippen LogP contribution in [-0.4, -0.2) is 39.2 Å². The lowest BCUT2D eigenvalue weighted by Gasteiger charge is -2.37. The van der Waals surface area contributed by atoms with E-state index in [4.69, 9.17) is 11.6 Å². The summed E-state index contributed by atoms with van der Waals surface area (Å²) in [7, 11) is 0. The number of piperidine rings is 1. The van der Waals surface area contributed by atoms with Crippen LogP contribution in [0.2, 0.25) is 5.02 Å². The smallest absolute Gasteiger partial charge is 0.256 e. The molecule has 1 aromatic rings. The number of phenolic OH excluding ortho intramolecular Hbond substituents is 1. The predicted octanol–water partition coefficient (Wildman–Crippen LogP) is 2.17. The molecule has 2 fully saturated rings. The van der Waals surface area contributed by atoms with Crippen molar-refractivity contribution in [2.75, 3.05) is 0 Å². The number of rotatable bonds is 1. The molecule has 0 aliphatic carbocycles. The van der Waals surface area contributed by atoms with Crippen LogP contribution in [0, 0.1) is 0 Å². The van der Waals surface area contributed by atoms with Crippen molar-refractivity contribution in [2.45, 2.75) is 43.9 Å². The Morgan fingerprint density at radius 1 is 1.26 bits per heavy atom. The molecule has 2 heterocycles. The predicted molar refractivity (Wildman–Crippen MR) is 71.3 cm³/mol. The Morgan fingerprint density at radius 3 is 2.53 bits per heavy atom. The van der Waals surface area contributed by atoms with Crippen molar-refractivity contribution < 1.29 is 15.0 Å². The second-order valence-corrected chi connectivity index (χ2v) is 5.79. The van der Waals surface area contributed by atoms with E-state index in [-0.39, 0.29) is 29.8 Å². The van der Waals surface area contributed by atoms with Crippen LogP contribution in [0.3, 0.4) is 0 Å². The van der Waals surface area contributed by atoms with Crippen LogP contribution in [0.15, 0.2) is 18.2 Å². The van der Waals surface area contributed by atoms with Gasteiger partial charge in [-0.15, -0.1) is 0 Å². The zero-order valence-electron chi connectivity index (χ0n) is 10.4. The molecule has 2 aliphatic heterocycles. The van der Waals surface area contributed by atoms with E-state index >= 15 is 0 Å². The number of phenols is 1. The molecule has 0 spiro atoms. The van der Waals surface area contributed by atoms with E-state index in [2.05, 4.69) is 0 Å². The summed E-state index contributed by atoms with van der Waals surface area (Å²) in [5.41, 5.74) is 0.343. The SMILES string of the molecule is O=C(c1cc(O)ccc1Cl)N1C2CCC1CC(O)C2. The molecule has 1 aromatic carbocycles. The Bertz CT molecular complexity index is 505. The molecule has 0 aromatic heterocycles. The van der Waals surface area contributed by atoms with E-state index in [0.29, 0.717) is 23.4 Å². The van der Waals surface area contributed by atoms with Gasteiger partial charge < -0.3 is 15.1 Å². The summed E-state index contributed by atoms with van der Waals surface area (Å²) in [5.74, 6) is -0.0996. The number of nitrogens with zero attached hydrogens (tertiary/aromatic N) is 1. The molecule has 2 aliphatic rings. The quantitative estimate of drug-likeness (QED) is 0.829. The van der Waals surface area contributed by atoms with Crippen molar-refractivity contribution in [3.8, 4) is 5.75 Å². The molecule has 2 unspecified atom stereocenters. The average molecular weight is 282 g/mol. The molecule has 19 heavy (non-hydrogen) atoms. The minimum atomic E-state index is -0.304. The summed E-state index contributed by atoms with van der Waals surface area (Å²) in [4.78, 5) is 14.4. The molecule has 0 saturated carbocycles. The first-order chi connectivity index (χ1) is 9.06. The third-order valence-corrected chi connectivity index (χ3v) is 4.45. The Labute approximate surface area is 116 Å². The molecule has 2 atom stereocenters. The number of fused-ring (bicyclic) bond motifs is 2. The number of carbonyl (C=O) groups excluding carboxylic acids is 1. The number of aromatic hydroxyl groups is 1. The first kappa shape index (κ1) is 12.8. The van der Waals surface area contributed by atoms with Crippen molar-refractivity contribution in [2.24, 2.45) is 0 Å². The van der Waals surface area contributed by atoms with Gasteiger partial charge in [-0.1, -0.05) is 11.6 Å². The van der Waals surface area contributed by atoms with Crippen molar-refractivity contribution in [1.29, 1.82) is 0 Å². The monoisotopic (exact) mass is 281 g/mol. The first-order valence-electron chi connectivity index (χ1n) is 6.55. The highest BCUT2D eigenvalue weighted by molar-refractivity contribution is 6.33. The Kier molecular flexibility index (Phi) is 3.15. The molecule has 4 nitrogen and oxygen atoms in total. The molecule has 2 saturated heterocycles. The highest BCUT2D eigenvalue weighted by Gasteiger charge is 2.43. The summed E-state index contributed by atoms with van der Waals surface area (Å²) in [6.07, 6.45) is 2.84. The van der Waals surface area contributed by atoms with Crippen LogP contribution in [0.1, 0.15) is 36.0 Å². The van der Waals surface area contributed by atoms with Crippen molar-refractivity contribution in [3.63, 3.8) is 0 Å².